The Hall–Kier alpha value is -2.38. The number of ether oxygens (including phenoxy) is 2. The summed E-state index contributed by atoms with van der Waals surface area (Å²) in [5.41, 5.74) is -1.16. The zero-order chi connectivity index (χ0) is 13.6. The molecule has 100 valence electrons. The lowest BCUT2D eigenvalue weighted by Crippen LogP contribution is -2.34. The van der Waals surface area contributed by atoms with Gasteiger partial charge in [-0.1, -0.05) is 0 Å². The maximum atomic E-state index is 10.8. The quantitative estimate of drug-likeness (QED) is 0.601. The van der Waals surface area contributed by atoms with Crippen molar-refractivity contribution in [2.75, 3.05) is 0 Å². The Bertz CT molecular complexity index is 534. The number of nitro benzene ring substituents is 2. The maximum absolute atomic E-state index is 10.8. The van der Waals surface area contributed by atoms with Gasteiger partial charge < -0.3 is 9.47 Å². The van der Waals surface area contributed by atoms with E-state index in [0.717, 1.165) is 25.0 Å². The van der Waals surface area contributed by atoms with E-state index in [9.17, 15) is 20.2 Å². The van der Waals surface area contributed by atoms with E-state index >= 15 is 0 Å². The molecule has 8 nitrogen and oxygen atoms in total. The van der Waals surface area contributed by atoms with E-state index in [1.165, 1.54) is 0 Å². The number of fused-ring (bicyclic) bond motifs is 1. The molecule has 0 N–H and O–H groups in total. The Morgan fingerprint density at radius 1 is 0.947 bits per heavy atom. The van der Waals surface area contributed by atoms with Crippen molar-refractivity contribution in [1.82, 2.24) is 0 Å². The van der Waals surface area contributed by atoms with E-state index in [0.29, 0.717) is 12.8 Å². The first-order chi connectivity index (χ1) is 9.01. The molecular formula is C11H10N2O6. The molecule has 0 aromatic heterocycles. The third-order valence-corrected chi connectivity index (χ3v) is 3.39. The largest absolute Gasteiger partial charge is 0.448 e. The zero-order valence-electron chi connectivity index (χ0n) is 9.83. The Morgan fingerprint density at radius 3 is 1.74 bits per heavy atom. The van der Waals surface area contributed by atoms with Crippen molar-refractivity contribution in [3.8, 4) is 11.5 Å². The van der Waals surface area contributed by atoms with Crippen molar-refractivity contribution in [1.29, 1.82) is 0 Å². The van der Waals surface area contributed by atoms with E-state index in [1.54, 1.807) is 0 Å². The SMILES string of the molecule is O=[N+]([O-])c1cc2c(cc1[N+](=O)[O-])OC1(CCCC1)O2. The highest BCUT2D eigenvalue weighted by atomic mass is 16.7. The summed E-state index contributed by atoms with van der Waals surface area (Å²) in [6, 6.07) is 2.14. The number of rotatable bonds is 2. The Balaban J connectivity index is 2.06. The summed E-state index contributed by atoms with van der Waals surface area (Å²) < 4.78 is 11.3. The normalized spacial score (nSPS) is 18.7. The molecule has 1 aromatic carbocycles. The summed E-state index contributed by atoms with van der Waals surface area (Å²) >= 11 is 0. The predicted molar refractivity (Wildman–Crippen MR) is 62.2 cm³/mol. The minimum atomic E-state index is -0.790. The fourth-order valence-corrected chi connectivity index (χ4v) is 2.53. The third-order valence-electron chi connectivity index (χ3n) is 3.39. The molecule has 1 spiro atoms. The topological polar surface area (TPSA) is 105 Å². The van der Waals surface area contributed by atoms with Gasteiger partial charge >= 0.3 is 11.4 Å². The van der Waals surface area contributed by atoms with Crippen molar-refractivity contribution in [3.63, 3.8) is 0 Å². The number of nitrogens with zero attached hydrogens (tertiary/aromatic N) is 2. The molecule has 1 aliphatic heterocycles. The first-order valence-corrected chi connectivity index (χ1v) is 5.86. The molecule has 0 unspecified atom stereocenters. The fourth-order valence-electron chi connectivity index (χ4n) is 2.53. The molecule has 1 saturated carbocycles. The summed E-state index contributed by atoms with van der Waals surface area (Å²) in [5, 5.41) is 21.7. The summed E-state index contributed by atoms with van der Waals surface area (Å²) in [6.07, 6.45) is 3.25. The van der Waals surface area contributed by atoms with Crippen molar-refractivity contribution >= 4 is 11.4 Å². The molecule has 0 amide bonds. The van der Waals surface area contributed by atoms with Gasteiger partial charge in [-0.15, -0.1) is 0 Å². The first-order valence-electron chi connectivity index (χ1n) is 5.86. The van der Waals surface area contributed by atoms with Crippen LogP contribution < -0.4 is 9.47 Å². The highest BCUT2D eigenvalue weighted by molar-refractivity contribution is 5.63. The van der Waals surface area contributed by atoms with E-state index in [2.05, 4.69) is 0 Å². The zero-order valence-corrected chi connectivity index (χ0v) is 9.83. The molecule has 2 aliphatic rings. The molecule has 1 fully saturated rings. The monoisotopic (exact) mass is 266 g/mol. The van der Waals surface area contributed by atoms with Crippen LogP contribution in [0, 0.1) is 20.2 Å². The Labute approximate surface area is 107 Å². The minimum absolute atomic E-state index is 0.208. The van der Waals surface area contributed by atoms with Gasteiger partial charge in [-0.3, -0.25) is 20.2 Å². The van der Waals surface area contributed by atoms with Crippen molar-refractivity contribution in [3.05, 3.63) is 32.4 Å². The van der Waals surface area contributed by atoms with Crippen LogP contribution in [0.4, 0.5) is 11.4 Å². The van der Waals surface area contributed by atoms with E-state index in [4.69, 9.17) is 9.47 Å². The minimum Gasteiger partial charge on any atom is -0.448 e. The summed E-state index contributed by atoms with van der Waals surface area (Å²) in [6.45, 7) is 0. The number of hydrogen-bond acceptors (Lipinski definition) is 6. The van der Waals surface area contributed by atoms with Gasteiger partial charge in [0.1, 0.15) is 0 Å². The second-order valence-electron chi connectivity index (χ2n) is 4.62. The Morgan fingerprint density at radius 2 is 1.37 bits per heavy atom. The van der Waals surface area contributed by atoms with Gasteiger partial charge in [-0.2, -0.15) is 0 Å². The summed E-state index contributed by atoms with van der Waals surface area (Å²) in [5.74, 6) is -0.371. The number of nitro groups is 2. The van der Waals surface area contributed by atoms with Crippen LogP contribution in [0.5, 0.6) is 11.5 Å². The van der Waals surface area contributed by atoms with Crippen LogP contribution in [-0.2, 0) is 0 Å². The van der Waals surface area contributed by atoms with E-state index in [1.807, 2.05) is 0 Å². The van der Waals surface area contributed by atoms with Crippen LogP contribution >= 0.6 is 0 Å². The maximum Gasteiger partial charge on any atom is 0.350 e. The summed E-state index contributed by atoms with van der Waals surface area (Å²) in [7, 11) is 0. The predicted octanol–water partition coefficient (Wildman–Crippen LogP) is 2.54. The van der Waals surface area contributed by atoms with Crippen LogP contribution in [0.15, 0.2) is 12.1 Å². The number of benzene rings is 1. The second-order valence-corrected chi connectivity index (χ2v) is 4.62. The van der Waals surface area contributed by atoms with Gasteiger partial charge in [0.2, 0.25) is 0 Å². The highest BCUT2D eigenvalue weighted by Crippen LogP contribution is 2.50. The molecule has 8 heteroatoms. The fraction of sp³-hybridized carbons (Fsp3) is 0.455. The molecule has 0 radical (unpaired) electrons. The average molecular weight is 266 g/mol. The lowest BCUT2D eigenvalue weighted by molar-refractivity contribution is -0.422. The number of hydrogen-bond donors (Lipinski definition) is 0. The summed E-state index contributed by atoms with van der Waals surface area (Å²) in [4.78, 5) is 20.1. The molecule has 1 aromatic rings. The molecule has 19 heavy (non-hydrogen) atoms. The molecule has 1 heterocycles. The van der Waals surface area contributed by atoms with Crippen molar-refractivity contribution in [2.24, 2.45) is 0 Å². The average Bonchev–Trinajstić information content (AvgIpc) is 2.93. The van der Waals surface area contributed by atoms with Gasteiger partial charge in [0.15, 0.2) is 11.5 Å². The highest BCUT2D eigenvalue weighted by Gasteiger charge is 2.46. The third kappa shape index (κ3) is 1.76. The lowest BCUT2D eigenvalue weighted by atomic mass is 10.2. The van der Waals surface area contributed by atoms with Gasteiger partial charge in [0.25, 0.3) is 5.79 Å². The van der Waals surface area contributed by atoms with Crippen molar-refractivity contribution < 1.29 is 19.3 Å². The van der Waals surface area contributed by atoms with Crippen molar-refractivity contribution in [2.45, 2.75) is 31.5 Å². The standard InChI is InChI=1S/C11H10N2O6/c14-12(15)7-5-9-10(6-8(7)13(16)17)19-11(18-9)3-1-2-4-11/h5-6H,1-4H2. The molecule has 0 saturated heterocycles. The van der Waals surface area contributed by atoms with E-state index < -0.39 is 27.0 Å². The van der Waals surface area contributed by atoms with Gasteiger partial charge in [-0.25, -0.2) is 0 Å². The van der Waals surface area contributed by atoms with Gasteiger partial charge in [0, 0.05) is 12.8 Å². The first kappa shape index (κ1) is 11.7. The second kappa shape index (κ2) is 3.81. The smallest absolute Gasteiger partial charge is 0.350 e. The van der Waals surface area contributed by atoms with E-state index in [-0.39, 0.29) is 11.5 Å². The molecule has 0 bridgehead atoms. The van der Waals surface area contributed by atoms with Crippen LogP contribution in [0.25, 0.3) is 0 Å². The lowest BCUT2D eigenvalue weighted by Gasteiger charge is -2.21. The molecule has 1 aliphatic carbocycles. The van der Waals surface area contributed by atoms with Crippen LogP contribution in [0.1, 0.15) is 25.7 Å². The Kier molecular flexibility index (Phi) is 2.34. The molecule has 0 atom stereocenters. The molecule has 3 rings (SSSR count). The van der Waals surface area contributed by atoms with Crippen LogP contribution in [-0.4, -0.2) is 15.6 Å². The van der Waals surface area contributed by atoms with Gasteiger partial charge in [-0.05, 0) is 12.8 Å². The molecular weight excluding hydrogens is 256 g/mol. The van der Waals surface area contributed by atoms with Crippen LogP contribution in [0.2, 0.25) is 0 Å². The van der Waals surface area contributed by atoms with Gasteiger partial charge in [0.05, 0.1) is 22.0 Å². The van der Waals surface area contributed by atoms with Crippen LogP contribution in [0.3, 0.4) is 0 Å².